The van der Waals surface area contributed by atoms with Crippen LogP contribution >= 0.6 is 0 Å². The van der Waals surface area contributed by atoms with Crippen molar-refractivity contribution in [2.75, 3.05) is 31.4 Å². The van der Waals surface area contributed by atoms with E-state index in [1.165, 1.54) is 5.56 Å². The number of hydrogen-bond donors (Lipinski definition) is 2. The van der Waals surface area contributed by atoms with Gasteiger partial charge < -0.3 is 20.1 Å². The third-order valence-electron chi connectivity index (χ3n) is 3.85. The van der Waals surface area contributed by atoms with Crippen LogP contribution < -0.4 is 20.1 Å². The number of benzene rings is 2. The van der Waals surface area contributed by atoms with Crippen molar-refractivity contribution < 1.29 is 14.3 Å². The fourth-order valence-corrected chi connectivity index (χ4v) is 2.54. The SMILES string of the molecule is CCc1cccc(C)c1NCC(=O)Nc1ccc(OC)cc1OC. The first-order valence-corrected chi connectivity index (χ1v) is 7.93. The molecule has 0 unspecified atom stereocenters. The topological polar surface area (TPSA) is 59.6 Å². The van der Waals surface area contributed by atoms with E-state index in [-0.39, 0.29) is 12.5 Å². The number of carbonyl (C=O) groups is 1. The van der Waals surface area contributed by atoms with Crippen molar-refractivity contribution in [1.29, 1.82) is 0 Å². The molecule has 0 aliphatic heterocycles. The van der Waals surface area contributed by atoms with Crippen molar-refractivity contribution in [3.05, 3.63) is 47.5 Å². The van der Waals surface area contributed by atoms with E-state index < -0.39 is 0 Å². The number of hydrogen-bond acceptors (Lipinski definition) is 4. The van der Waals surface area contributed by atoms with Crippen molar-refractivity contribution in [2.45, 2.75) is 20.3 Å². The van der Waals surface area contributed by atoms with Crippen LogP contribution in [0.2, 0.25) is 0 Å². The Bertz CT molecular complexity index is 714. The van der Waals surface area contributed by atoms with E-state index in [0.29, 0.717) is 17.2 Å². The van der Waals surface area contributed by atoms with Gasteiger partial charge in [-0.15, -0.1) is 0 Å². The highest BCUT2D eigenvalue weighted by atomic mass is 16.5. The lowest BCUT2D eigenvalue weighted by Gasteiger charge is -2.15. The molecule has 2 aromatic carbocycles. The molecule has 0 heterocycles. The Morgan fingerprint density at radius 1 is 1.12 bits per heavy atom. The van der Waals surface area contributed by atoms with E-state index in [1.54, 1.807) is 32.4 Å². The standard InChI is InChI=1S/C19H24N2O3/c1-5-14-8-6-7-13(2)19(14)20-12-18(22)21-16-10-9-15(23-3)11-17(16)24-4/h6-11,20H,5,12H2,1-4H3,(H,21,22). The van der Waals surface area contributed by atoms with Gasteiger partial charge >= 0.3 is 0 Å². The second-order valence-corrected chi connectivity index (χ2v) is 5.43. The highest BCUT2D eigenvalue weighted by Gasteiger charge is 2.10. The largest absolute Gasteiger partial charge is 0.497 e. The average Bonchev–Trinajstić information content (AvgIpc) is 2.60. The van der Waals surface area contributed by atoms with Crippen molar-refractivity contribution in [2.24, 2.45) is 0 Å². The van der Waals surface area contributed by atoms with Crippen LogP contribution in [0.4, 0.5) is 11.4 Å². The number of anilines is 2. The quantitative estimate of drug-likeness (QED) is 0.815. The van der Waals surface area contributed by atoms with E-state index >= 15 is 0 Å². The molecule has 0 bridgehead atoms. The highest BCUT2D eigenvalue weighted by Crippen LogP contribution is 2.29. The first kappa shape index (κ1) is 17.7. The number of methoxy groups -OCH3 is 2. The Morgan fingerprint density at radius 2 is 1.92 bits per heavy atom. The van der Waals surface area contributed by atoms with Crippen LogP contribution in [0.1, 0.15) is 18.1 Å². The van der Waals surface area contributed by atoms with Gasteiger partial charge in [-0.2, -0.15) is 0 Å². The fourth-order valence-electron chi connectivity index (χ4n) is 2.54. The van der Waals surface area contributed by atoms with E-state index in [4.69, 9.17) is 9.47 Å². The maximum atomic E-state index is 12.3. The minimum absolute atomic E-state index is 0.135. The Morgan fingerprint density at radius 3 is 2.58 bits per heavy atom. The van der Waals surface area contributed by atoms with Crippen LogP contribution in [0.15, 0.2) is 36.4 Å². The van der Waals surface area contributed by atoms with E-state index in [2.05, 4.69) is 23.6 Å². The van der Waals surface area contributed by atoms with Gasteiger partial charge in [0.2, 0.25) is 5.91 Å². The molecule has 0 atom stereocenters. The first-order chi connectivity index (χ1) is 11.6. The molecular weight excluding hydrogens is 304 g/mol. The highest BCUT2D eigenvalue weighted by molar-refractivity contribution is 5.95. The van der Waals surface area contributed by atoms with Gasteiger partial charge in [0.25, 0.3) is 0 Å². The molecule has 5 nitrogen and oxygen atoms in total. The van der Waals surface area contributed by atoms with Gasteiger partial charge in [-0.1, -0.05) is 25.1 Å². The molecule has 0 radical (unpaired) electrons. The fraction of sp³-hybridized carbons (Fsp3) is 0.316. The van der Waals surface area contributed by atoms with Crippen LogP contribution in [-0.2, 0) is 11.2 Å². The zero-order chi connectivity index (χ0) is 17.5. The molecule has 0 fully saturated rings. The maximum absolute atomic E-state index is 12.3. The summed E-state index contributed by atoms with van der Waals surface area (Å²) >= 11 is 0. The third-order valence-corrected chi connectivity index (χ3v) is 3.85. The number of rotatable bonds is 7. The number of nitrogens with one attached hydrogen (secondary N) is 2. The molecule has 0 aliphatic carbocycles. The third kappa shape index (κ3) is 4.19. The zero-order valence-corrected chi connectivity index (χ0v) is 14.6. The zero-order valence-electron chi connectivity index (χ0n) is 14.6. The number of para-hydroxylation sites is 1. The number of carbonyl (C=O) groups excluding carboxylic acids is 1. The second kappa shape index (κ2) is 8.24. The summed E-state index contributed by atoms with van der Waals surface area (Å²) in [6.07, 6.45) is 0.915. The Balaban J connectivity index is 2.04. The molecule has 5 heteroatoms. The van der Waals surface area contributed by atoms with Crippen LogP contribution in [0, 0.1) is 6.92 Å². The summed E-state index contributed by atoms with van der Waals surface area (Å²) in [5.74, 6) is 1.10. The van der Waals surface area contributed by atoms with Gasteiger partial charge in [0.1, 0.15) is 11.5 Å². The van der Waals surface area contributed by atoms with Crippen molar-refractivity contribution in [3.8, 4) is 11.5 Å². The van der Waals surface area contributed by atoms with Gasteiger partial charge in [-0.3, -0.25) is 4.79 Å². The normalized spacial score (nSPS) is 10.2. The summed E-state index contributed by atoms with van der Waals surface area (Å²) in [5, 5.41) is 6.09. The molecule has 0 saturated carbocycles. The van der Waals surface area contributed by atoms with Crippen molar-refractivity contribution in [1.82, 2.24) is 0 Å². The summed E-state index contributed by atoms with van der Waals surface area (Å²) in [6, 6.07) is 11.4. The molecule has 0 saturated heterocycles. The van der Waals surface area contributed by atoms with Crippen LogP contribution in [0.5, 0.6) is 11.5 Å². The molecule has 24 heavy (non-hydrogen) atoms. The summed E-state index contributed by atoms with van der Waals surface area (Å²) < 4.78 is 10.4. The summed E-state index contributed by atoms with van der Waals surface area (Å²) in [6.45, 7) is 4.32. The van der Waals surface area contributed by atoms with Gasteiger partial charge in [0, 0.05) is 11.8 Å². The van der Waals surface area contributed by atoms with Crippen LogP contribution in [0.25, 0.3) is 0 Å². The van der Waals surface area contributed by atoms with Crippen LogP contribution in [0.3, 0.4) is 0 Å². The minimum atomic E-state index is -0.135. The molecule has 0 aliphatic rings. The van der Waals surface area contributed by atoms with E-state index in [0.717, 1.165) is 17.7 Å². The Kier molecular flexibility index (Phi) is 6.07. The van der Waals surface area contributed by atoms with E-state index in [1.807, 2.05) is 19.1 Å². The molecule has 128 valence electrons. The molecule has 2 N–H and O–H groups in total. The lowest BCUT2D eigenvalue weighted by molar-refractivity contribution is -0.114. The van der Waals surface area contributed by atoms with Crippen molar-refractivity contribution in [3.63, 3.8) is 0 Å². The monoisotopic (exact) mass is 328 g/mol. The lowest BCUT2D eigenvalue weighted by Crippen LogP contribution is -2.22. The number of ether oxygens (including phenoxy) is 2. The lowest BCUT2D eigenvalue weighted by atomic mass is 10.1. The Hall–Kier alpha value is -2.69. The van der Waals surface area contributed by atoms with Gasteiger partial charge in [0.05, 0.1) is 26.5 Å². The molecule has 0 spiro atoms. The summed E-state index contributed by atoms with van der Waals surface area (Å²) in [7, 11) is 3.15. The van der Waals surface area contributed by atoms with Gasteiger partial charge in [0.15, 0.2) is 0 Å². The average molecular weight is 328 g/mol. The Labute approximate surface area is 143 Å². The smallest absolute Gasteiger partial charge is 0.243 e. The van der Waals surface area contributed by atoms with Crippen LogP contribution in [-0.4, -0.2) is 26.7 Å². The molecule has 0 aromatic heterocycles. The predicted octanol–water partition coefficient (Wildman–Crippen LogP) is 3.63. The molecular formula is C19H24N2O3. The second-order valence-electron chi connectivity index (χ2n) is 5.43. The number of amides is 1. The minimum Gasteiger partial charge on any atom is -0.497 e. The maximum Gasteiger partial charge on any atom is 0.243 e. The molecule has 1 amide bonds. The molecule has 2 rings (SSSR count). The predicted molar refractivity (Wildman–Crippen MR) is 97.2 cm³/mol. The molecule has 2 aromatic rings. The van der Waals surface area contributed by atoms with Crippen molar-refractivity contribution >= 4 is 17.3 Å². The first-order valence-electron chi connectivity index (χ1n) is 7.93. The summed E-state index contributed by atoms with van der Waals surface area (Å²) in [4.78, 5) is 12.3. The van der Waals surface area contributed by atoms with Gasteiger partial charge in [-0.25, -0.2) is 0 Å². The summed E-state index contributed by atoms with van der Waals surface area (Å²) in [5.41, 5.74) is 3.97. The van der Waals surface area contributed by atoms with Gasteiger partial charge in [-0.05, 0) is 36.6 Å². The van der Waals surface area contributed by atoms with E-state index in [9.17, 15) is 4.79 Å². The number of aryl methyl sites for hydroxylation is 2.